The first-order valence-electron chi connectivity index (χ1n) is 6.45. The van der Waals surface area contributed by atoms with Crippen LogP contribution in [0.25, 0.3) is 0 Å². The average molecular weight is 298 g/mol. The van der Waals surface area contributed by atoms with Crippen molar-refractivity contribution < 1.29 is 13.5 Å². The first kappa shape index (κ1) is 14.9. The van der Waals surface area contributed by atoms with Crippen molar-refractivity contribution in [1.82, 2.24) is 5.32 Å². The Morgan fingerprint density at radius 1 is 1.40 bits per heavy atom. The van der Waals surface area contributed by atoms with Crippen molar-refractivity contribution in [2.75, 3.05) is 13.7 Å². The summed E-state index contributed by atoms with van der Waals surface area (Å²) < 4.78 is 24.3. The van der Waals surface area contributed by atoms with Crippen molar-refractivity contribution in [3.63, 3.8) is 0 Å². The van der Waals surface area contributed by atoms with Crippen LogP contribution in [0, 0.1) is 5.82 Å². The van der Waals surface area contributed by atoms with Crippen molar-refractivity contribution in [2.45, 2.75) is 19.4 Å². The molecule has 1 heterocycles. The highest BCUT2D eigenvalue weighted by Gasteiger charge is 2.19. The van der Waals surface area contributed by atoms with Crippen molar-refractivity contribution in [3.8, 4) is 5.75 Å². The molecule has 3 nitrogen and oxygen atoms in total. The maximum absolute atomic E-state index is 14.2. The van der Waals surface area contributed by atoms with Gasteiger partial charge in [-0.15, -0.1) is 0 Å². The molecule has 108 valence electrons. The van der Waals surface area contributed by atoms with E-state index in [9.17, 15) is 4.39 Å². The minimum absolute atomic E-state index is 0.104. The zero-order valence-electron chi connectivity index (χ0n) is 11.5. The van der Waals surface area contributed by atoms with Gasteiger partial charge in [0.2, 0.25) is 0 Å². The average Bonchev–Trinajstić information content (AvgIpc) is 2.86. The summed E-state index contributed by atoms with van der Waals surface area (Å²) in [5.41, 5.74) is 1.41. The number of furan rings is 1. The lowest BCUT2D eigenvalue weighted by molar-refractivity contribution is 0.382. The van der Waals surface area contributed by atoms with Gasteiger partial charge < -0.3 is 14.5 Å². The first-order valence-corrected chi connectivity index (χ1v) is 6.82. The van der Waals surface area contributed by atoms with Crippen LogP contribution in [0.4, 0.5) is 4.39 Å². The third-order valence-corrected chi connectivity index (χ3v) is 3.47. The van der Waals surface area contributed by atoms with Crippen molar-refractivity contribution in [1.29, 1.82) is 0 Å². The molecule has 1 atom stereocenters. The van der Waals surface area contributed by atoms with Gasteiger partial charge in [-0.3, -0.25) is 0 Å². The number of benzene rings is 1. The number of methoxy groups -OCH3 is 1. The fourth-order valence-electron chi connectivity index (χ4n) is 2.18. The SMILES string of the molecule is CCNC(Cc1cccc(OC)c1F)c1ccoc1Cl. The van der Waals surface area contributed by atoms with Crippen LogP contribution in [0.15, 0.2) is 34.9 Å². The zero-order valence-corrected chi connectivity index (χ0v) is 12.2. The molecule has 0 aliphatic rings. The molecule has 20 heavy (non-hydrogen) atoms. The van der Waals surface area contributed by atoms with Gasteiger partial charge >= 0.3 is 0 Å². The lowest BCUT2D eigenvalue weighted by Gasteiger charge is -2.18. The van der Waals surface area contributed by atoms with Gasteiger partial charge in [0.05, 0.1) is 13.4 Å². The summed E-state index contributed by atoms with van der Waals surface area (Å²) in [6.45, 7) is 2.74. The summed E-state index contributed by atoms with van der Waals surface area (Å²) in [4.78, 5) is 0. The van der Waals surface area contributed by atoms with Gasteiger partial charge in [0, 0.05) is 11.6 Å². The van der Waals surface area contributed by atoms with E-state index in [4.69, 9.17) is 20.8 Å². The van der Waals surface area contributed by atoms with Crippen LogP contribution in [0.5, 0.6) is 5.75 Å². The summed E-state index contributed by atoms with van der Waals surface area (Å²) >= 11 is 6.01. The van der Waals surface area contributed by atoms with Crippen LogP contribution >= 0.6 is 11.6 Å². The molecule has 0 saturated carbocycles. The normalized spacial score (nSPS) is 12.4. The van der Waals surface area contributed by atoms with E-state index < -0.39 is 0 Å². The van der Waals surface area contributed by atoms with Gasteiger partial charge in [-0.2, -0.15) is 0 Å². The molecule has 1 aromatic carbocycles. The van der Waals surface area contributed by atoms with E-state index in [1.807, 2.05) is 6.92 Å². The maximum atomic E-state index is 14.2. The molecule has 0 bridgehead atoms. The third kappa shape index (κ3) is 3.14. The molecule has 0 fully saturated rings. The summed E-state index contributed by atoms with van der Waals surface area (Å²) in [5, 5.41) is 3.62. The van der Waals surface area contributed by atoms with E-state index >= 15 is 0 Å². The zero-order chi connectivity index (χ0) is 14.5. The summed E-state index contributed by atoms with van der Waals surface area (Å²) in [7, 11) is 1.46. The van der Waals surface area contributed by atoms with Crippen LogP contribution in [0.1, 0.15) is 24.1 Å². The molecule has 2 aromatic rings. The Balaban J connectivity index is 2.27. The Kier molecular flexibility index (Phi) is 5.04. The number of hydrogen-bond acceptors (Lipinski definition) is 3. The number of rotatable bonds is 6. The van der Waals surface area contributed by atoms with Crippen molar-refractivity contribution in [3.05, 3.63) is 52.7 Å². The number of nitrogens with one attached hydrogen (secondary N) is 1. The van der Waals surface area contributed by atoms with Gasteiger partial charge in [0.1, 0.15) is 0 Å². The van der Waals surface area contributed by atoms with Crippen molar-refractivity contribution in [2.24, 2.45) is 0 Å². The molecule has 2 rings (SSSR count). The second kappa shape index (κ2) is 6.77. The quantitative estimate of drug-likeness (QED) is 0.876. The largest absolute Gasteiger partial charge is 0.494 e. The highest BCUT2D eigenvalue weighted by atomic mass is 35.5. The maximum Gasteiger partial charge on any atom is 0.197 e. The van der Waals surface area contributed by atoms with Crippen LogP contribution in [0.3, 0.4) is 0 Å². The topological polar surface area (TPSA) is 34.4 Å². The summed E-state index contributed by atoms with van der Waals surface area (Å²) in [6, 6.07) is 6.82. The van der Waals surface area contributed by atoms with Gasteiger partial charge in [0.25, 0.3) is 0 Å². The number of ether oxygens (including phenoxy) is 1. The summed E-state index contributed by atoms with van der Waals surface area (Å²) in [5.74, 6) is -0.0893. The molecule has 5 heteroatoms. The number of likely N-dealkylation sites (N-methyl/N-ethyl adjacent to an activating group) is 1. The van der Waals surface area contributed by atoms with E-state index in [1.165, 1.54) is 13.4 Å². The van der Waals surface area contributed by atoms with Crippen LogP contribution in [-0.4, -0.2) is 13.7 Å². The predicted molar refractivity (Wildman–Crippen MR) is 76.8 cm³/mol. The smallest absolute Gasteiger partial charge is 0.197 e. The minimum Gasteiger partial charge on any atom is -0.494 e. The Hall–Kier alpha value is -1.52. The molecule has 1 N–H and O–H groups in total. The Morgan fingerprint density at radius 2 is 2.20 bits per heavy atom. The van der Waals surface area contributed by atoms with Gasteiger partial charge in [-0.1, -0.05) is 19.1 Å². The van der Waals surface area contributed by atoms with Crippen LogP contribution in [-0.2, 0) is 6.42 Å². The molecule has 0 radical (unpaired) electrons. The fraction of sp³-hybridized carbons (Fsp3) is 0.333. The van der Waals surface area contributed by atoms with Gasteiger partial charge in [-0.05, 0) is 42.3 Å². The molecule has 0 spiro atoms. The van der Waals surface area contributed by atoms with Crippen LogP contribution in [0.2, 0.25) is 5.22 Å². The van der Waals surface area contributed by atoms with Gasteiger partial charge in [0.15, 0.2) is 16.8 Å². The van der Waals surface area contributed by atoms with Crippen LogP contribution < -0.4 is 10.1 Å². The highest BCUT2D eigenvalue weighted by molar-refractivity contribution is 6.29. The lowest BCUT2D eigenvalue weighted by Crippen LogP contribution is -2.23. The van der Waals surface area contributed by atoms with Gasteiger partial charge in [-0.25, -0.2) is 4.39 Å². The summed E-state index contributed by atoms with van der Waals surface area (Å²) in [6.07, 6.45) is 2.00. The Labute approximate surface area is 122 Å². The Morgan fingerprint density at radius 3 is 2.80 bits per heavy atom. The monoisotopic (exact) mass is 297 g/mol. The second-order valence-electron chi connectivity index (χ2n) is 4.40. The highest BCUT2D eigenvalue weighted by Crippen LogP contribution is 2.29. The molecular weight excluding hydrogens is 281 g/mol. The van der Waals surface area contributed by atoms with E-state index in [0.717, 1.165) is 12.1 Å². The first-order chi connectivity index (χ1) is 9.67. The Bertz CT molecular complexity index is 571. The molecule has 0 saturated heterocycles. The van der Waals surface area contributed by atoms with E-state index in [0.29, 0.717) is 17.2 Å². The molecule has 0 aliphatic carbocycles. The van der Waals surface area contributed by atoms with Crippen molar-refractivity contribution >= 4 is 11.6 Å². The third-order valence-electron chi connectivity index (χ3n) is 3.16. The molecule has 0 aliphatic heterocycles. The molecule has 1 unspecified atom stereocenters. The molecular formula is C15H17ClFNO2. The minimum atomic E-state index is -0.336. The van der Waals surface area contributed by atoms with E-state index in [2.05, 4.69) is 5.32 Å². The molecule has 1 aromatic heterocycles. The van der Waals surface area contributed by atoms with E-state index in [1.54, 1.807) is 24.3 Å². The number of hydrogen-bond donors (Lipinski definition) is 1. The molecule has 0 amide bonds. The fourth-order valence-corrected chi connectivity index (χ4v) is 2.43. The standard InChI is InChI=1S/C15H17ClFNO2/c1-3-18-12(11-7-8-20-15(11)16)9-10-5-4-6-13(19-2)14(10)17/h4-8,12,18H,3,9H2,1-2H3. The lowest BCUT2D eigenvalue weighted by atomic mass is 10.0. The van der Waals surface area contributed by atoms with E-state index in [-0.39, 0.29) is 17.6 Å². The predicted octanol–water partition coefficient (Wildman–Crippen LogP) is 3.97. The second-order valence-corrected chi connectivity index (χ2v) is 4.74. The number of halogens is 2.